The van der Waals surface area contributed by atoms with E-state index in [1.165, 1.54) is 31.9 Å². The van der Waals surface area contributed by atoms with Crippen LogP contribution in [0.5, 0.6) is 0 Å². The first-order chi connectivity index (χ1) is 9.89. The monoisotopic (exact) mass is 329 g/mol. The molecule has 0 saturated heterocycles. The van der Waals surface area contributed by atoms with E-state index in [1.807, 2.05) is 0 Å². The Bertz CT molecular complexity index is 586. The topological polar surface area (TPSA) is 46.2 Å². The Labute approximate surface area is 133 Å². The lowest BCUT2D eigenvalue weighted by molar-refractivity contribution is 0.355. The zero-order chi connectivity index (χ0) is 15.5. The van der Waals surface area contributed by atoms with Crippen LogP contribution in [0.4, 0.5) is 0 Å². The summed E-state index contributed by atoms with van der Waals surface area (Å²) in [5.41, 5.74) is 0.693. The Morgan fingerprint density at radius 2 is 1.95 bits per heavy atom. The van der Waals surface area contributed by atoms with E-state index >= 15 is 0 Å². The van der Waals surface area contributed by atoms with Crippen LogP contribution in [0, 0.1) is 5.92 Å². The third-order valence-electron chi connectivity index (χ3n) is 4.38. The number of sulfone groups is 1. The van der Waals surface area contributed by atoms with Crippen LogP contribution in [0.15, 0.2) is 23.1 Å². The predicted octanol–water partition coefficient (Wildman–Crippen LogP) is 3.80. The summed E-state index contributed by atoms with van der Waals surface area (Å²) in [6.07, 6.45) is 7.45. The lowest BCUT2D eigenvalue weighted by Crippen LogP contribution is -2.34. The minimum Gasteiger partial charge on any atom is -0.310 e. The molecular formula is C16H24ClNO2S. The van der Waals surface area contributed by atoms with Gasteiger partial charge in [0.2, 0.25) is 0 Å². The fourth-order valence-corrected chi connectivity index (χ4v) is 4.34. The number of nitrogens with one attached hydrogen (secondary N) is 1. The molecule has 1 aromatic carbocycles. The van der Waals surface area contributed by atoms with Crippen molar-refractivity contribution in [3.05, 3.63) is 28.8 Å². The molecule has 0 heterocycles. The van der Waals surface area contributed by atoms with Gasteiger partial charge in [0.1, 0.15) is 0 Å². The van der Waals surface area contributed by atoms with Crippen LogP contribution >= 0.6 is 11.6 Å². The number of halogens is 1. The lowest BCUT2D eigenvalue weighted by atomic mass is 9.97. The van der Waals surface area contributed by atoms with Crippen LogP contribution in [0.25, 0.3) is 0 Å². The van der Waals surface area contributed by atoms with Crippen molar-refractivity contribution < 1.29 is 8.42 Å². The molecular weight excluding hydrogens is 306 g/mol. The van der Waals surface area contributed by atoms with Crippen LogP contribution < -0.4 is 5.32 Å². The van der Waals surface area contributed by atoms with Crippen molar-refractivity contribution in [2.75, 3.05) is 6.26 Å². The number of rotatable bonds is 4. The van der Waals surface area contributed by atoms with Gasteiger partial charge in [0.25, 0.3) is 0 Å². The molecule has 1 fully saturated rings. The smallest absolute Gasteiger partial charge is 0.175 e. The van der Waals surface area contributed by atoms with Crippen LogP contribution in [0.1, 0.15) is 44.6 Å². The maximum atomic E-state index is 11.9. The van der Waals surface area contributed by atoms with Gasteiger partial charge in [0, 0.05) is 29.4 Å². The van der Waals surface area contributed by atoms with Crippen LogP contribution in [0.2, 0.25) is 5.02 Å². The Kier molecular flexibility index (Phi) is 5.69. The van der Waals surface area contributed by atoms with Crippen molar-refractivity contribution in [1.82, 2.24) is 5.32 Å². The Hall–Kier alpha value is -0.580. The predicted molar refractivity (Wildman–Crippen MR) is 87.4 cm³/mol. The largest absolute Gasteiger partial charge is 0.310 e. The minimum absolute atomic E-state index is 0.337. The zero-order valence-corrected chi connectivity index (χ0v) is 14.3. The lowest BCUT2D eigenvalue weighted by Gasteiger charge is -2.23. The van der Waals surface area contributed by atoms with Gasteiger partial charge < -0.3 is 5.32 Å². The van der Waals surface area contributed by atoms with Gasteiger partial charge in [-0.1, -0.05) is 43.9 Å². The standard InChI is InChI=1S/C16H24ClNO2S/c1-12-7-4-3-5-9-15(12)18-11-13-14(17)8-6-10-16(13)21(2,19)20/h6,8,10,12,15,18H,3-5,7,9,11H2,1-2H3. The van der Waals surface area contributed by atoms with Crippen molar-refractivity contribution >= 4 is 21.4 Å². The Balaban J connectivity index is 2.16. The first-order valence-corrected chi connectivity index (χ1v) is 9.87. The second-order valence-corrected chi connectivity index (χ2v) is 8.48. The number of hydrogen-bond donors (Lipinski definition) is 1. The molecule has 3 nitrogen and oxygen atoms in total. The summed E-state index contributed by atoms with van der Waals surface area (Å²) >= 11 is 6.22. The highest BCUT2D eigenvalue weighted by atomic mass is 35.5. The van der Waals surface area contributed by atoms with E-state index in [9.17, 15) is 8.42 Å². The number of benzene rings is 1. The van der Waals surface area contributed by atoms with E-state index < -0.39 is 9.84 Å². The van der Waals surface area contributed by atoms with E-state index in [4.69, 9.17) is 11.6 Å². The van der Waals surface area contributed by atoms with E-state index in [2.05, 4.69) is 12.2 Å². The van der Waals surface area contributed by atoms with Crippen molar-refractivity contribution in [3.63, 3.8) is 0 Å². The van der Waals surface area contributed by atoms with Gasteiger partial charge in [-0.3, -0.25) is 0 Å². The van der Waals surface area contributed by atoms with E-state index in [-0.39, 0.29) is 0 Å². The zero-order valence-electron chi connectivity index (χ0n) is 12.7. The van der Waals surface area contributed by atoms with Crippen LogP contribution in [0.3, 0.4) is 0 Å². The minimum atomic E-state index is -3.25. The van der Waals surface area contributed by atoms with Gasteiger partial charge in [0.15, 0.2) is 9.84 Å². The molecule has 1 aromatic rings. The average molecular weight is 330 g/mol. The summed E-state index contributed by atoms with van der Waals surface area (Å²) in [5.74, 6) is 0.622. The van der Waals surface area contributed by atoms with Crippen molar-refractivity contribution in [3.8, 4) is 0 Å². The van der Waals surface area contributed by atoms with Crippen molar-refractivity contribution in [2.24, 2.45) is 5.92 Å². The molecule has 0 bridgehead atoms. The normalized spacial score (nSPS) is 23.8. The third-order valence-corrected chi connectivity index (χ3v) is 5.91. The molecule has 1 aliphatic carbocycles. The summed E-state index contributed by atoms with van der Waals surface area (Å²) in [4.78, 5) is 0.337. The molecule has 5 heteroatoms. The van der Waals surface area contributed by atoms with Crippen molar-refractivity contribution in [2.45, 2.75) is 56.5 Å². The van der Waals surface area contributed by atoms with Crippen LogP contribution in [-0.4, -0.2) is 20.7 Å². The Morgan fingerprint density at radius 1 is 1.24 bits per heavy atom. The molecule has 21 heavy (non-hydrogen) atoms. The first-order valence-electron chi connectivity index (χ1n) is 7.60. The van der Waals surface area contributed by atoms with Gasteiger partial charge >= 0.3 is 0 Å². The third kappa shape index (κ3) is 4.44. The summed E-state index contributed by atoms with van der Waals surface area (Å²) in [6.45, 7) is 2.78. The summed E-state index contributed by atoms with van der Waals surface area (Å²) in [5, 5.41) is 4.05. The SMILES string of the molecule is CC1CCCCCC1NCc1c(Cl)cccc1S(C)(=O)=O. The Morgan fingerprint density at radius 3 is 2.67 bits per heavy atom. The molecule has 1 aliphatic rings. The highest BCUT2D eigenvalue weighted by Gasteiger charge is 2.21. The second kappa shape index (κ2) is 7.12. The molecule has 0 spiro atoms. The molecule has 1 saturated carbocycles. The molecule has 0 aromatic heterocycles. The molecule has 0 amide bonds. The number of hydrogen-bond acceptors (Lipinski definition) is 3. The first kappa shape index (κ1) is 16.8. The average Bonchev–Trinajstić information content (AvgIpc) is 2.61. The van der Waals surface area contributed by atoms with Gasteiger partial charge in [-0.15, -0.1) is 0 Å². The maximum absolute atomic E-state index is 11.9. The van der Waals surface area contributed by atoms with Gasteiger partial charge in [-0.2, -0.15) is 0 Å². The van der Waals surface area contributed by atoms with Gasteiger partial charge in [-0.05, 0) is 30.9 Å². The van der Waals surface area contributed by atoms with E-state index in [0.29, 0.717) is 34.0 Å². The molecule has 2 unspecified atom stereocenters. The summed E-state index contributed by atoms with van der Waals surface area (Å²) in [7, 11) is -3.25. The van der Waals surface area contributed by atoms with Crippen LogP contribution in [-0.2, 0) is 16.4 Å². The summed E-state index contributed by atoms with van der Waals surface area (Å²) in [6, 6.07) is 5.52. The highest BCUT2D eigenvalue weighted by Crippen LogP contribution is 2.26. The fraction of sp³-hybridized carbons (Fsp3) is 0.625. The molecule has 0 aliphatic heterocycles. The molecule has 2 rings (SSSR count). The fourth-order valence-electron chi connectivity index (χ4n) is 3.09. The van der Waals surface area contributed by atoms with Gasteiger partial charge in [-0.25, -0.2) is 8.42 Å². The quantitative estimate of drug-likeness (QED) is 0.854. The molecule has 1 N–H and O–H groups in total. The second-order valence-electron chi connectivity index (χ2n) is 6.09. The molecule has 2 atom stereocenters. The van der Waals surface area contributed by atoms with E-state index in [1.54, 1.807) is 18.2 Å². The molecule has 118 valence electrons. The van der Waals surface area contributed by atoms with Crippen molar-refractivity contribution in [1.29, 1.82) is 0 Å². The highest BCUT2D eigenvalue weighted by molar-refractivity contribution is 7.90. The molecule has 0 radical (unpaired) electrons. The van der Waals surface area contributed by atoms with Gasteiger partial charge in [0.05, 0.1) is 4.90 Å². The van der Waals surface area contributed by atoms with E-state index in [0.717, 1.165) is 6.42 Å². The maximum Gasteiger partial charge on any atom is 0.175 e. The summed E-state index contributed by atoms with van der Waals surface area (Å²) < 4.78 is 23.8.